The zero-order valence-electron chi connectivity index (χ0n) is 6.39. The van der Waals surface area contributed by atoms with E-state index in [9.17, 15) is 8.42 Å². The third-order valence-corrected chi connectivity index (χ3v) is 2.19. The molecular formula is C7H8O3SSm. The Morgan fingerprint density at radius 2 is 1.58 bits per heavy atom. The average molecular weight is 323 g/mol. The van der Waals surface area contributed by atoms with Crippen molar-refractivity contribution in [3.8, 4) is 0 Å². The van der Waals surface area contributed by atoms with Gasteiger partial charge in [0, 0.05) is 40.4 Å². The molecule has 1 rings (SSSR count). The van der Waals surface area contributed by atoms with Crippen molar-refractivity contribution in [1.82, 2.24) is 0 Å². The van der Waals surface area contributed by atoms with Gasteiger partial charge in [-0.3, -0.25) is 4.55 Å². The number of rotatable bonds is 1. The molecule has 0 radical (unpaired) electrons. The molecule has 0 spiro atoms. The predicted octanol–water partition coefficient (Wildman–Crippen LogP) is 1.24. The van der Waals surface area contributed by atoms with Gasteiger partial charge in [0.2, 0.25) is 0 Å². The zero-order valence-corrected chi connectivity index (χ0v) is 9.83. The molecule has 0 unspecified atom stereocenters. The van der Waals surface area contributed by atoms with Gasteiger partial charge in [-0.15, -0.1) is 0 Å². The molecule has 3 nitrogen and oxygen atoms in total. The van der Waals surface area contributed by atoms with Gasteiger partial charge in [0.05, 0.1) is 4.90 Å². The first-order valence-corrected chi connectivity index (χ1v) is 4.48. The Kier molecular flexibility index (Phi) is 4.81. The van der Waals surface area contributed by atoms with E-state index in [2.05, 4.69) is 0 Å². The molecule has 0 amide bonds. The molecule has 5 heteroatoms. The maximum atomic E-state index is 10.5. The summed E-state index contributed by atoms with van der Waals surface area (Å²) in [7, 11) is -4.02. The summed E-state index contributed by atoms with van der Waals surface area (Å²) in [4.78, 5) is -0.0666. The fraction of sp³-hybridized carbons (Fsp3) is 0.143. The van der Waals surface area contributed by atoms with E-state index in [0.717, 1.165) is 5.56 Å². The molecule has 0 fully saturated rings. The van der Waals surface area contributed by atoms with Crippen molar-refractivity contribution in [2.24, 2.45) is 0 Å². The number of benzene rings is 1. The van der Waals surface area contributed by atoms with Gasteiger partial charge in [-0.1, -0.05) is 17.7 Å². The molecule has 0 aliphatic carbocycles. The molecule has 0 aliphatic rings. The maximum Gasteiger partial charge on any atom is 0.294 e. The van der Waals surface area contributed by atoms with Crippen molar-refractivity contribution in [1.29, 1.82) is 0 Å². The molecule has 0 atom stereocenters. The Balaban J connectivity index is 0.00000121. The smallest absolute Gasteiger partial charge is 0.282 e. The van der Waals surface area contributed by atoms with E-state index in [1.54, 1.807) is 12.1 Å². The minimum atomic E-state index is -4.02. The van der Waals surface area contributed by atoms with Crippen molar-refractivity contribution in [3.63, 3.8) is 0 Å². The second-order valence-corrected chi connectivity index (χ2v) is 3.71. The molecule has 0 aliphatic heterocycles. The summed E-state index contributed by atoms with van der Waals surface area (Å²) in [5.74, 6) is 0. The molecular weight excluding hydrogens is 315 g/mol. The van der Waals surface area contributed by atoms with E-state index in [0.29, 0.717) is 0 Å². The van der Waals surface area contributed by atoms with Crippen LogP contribution in [-0.4, -0.2) is 13.0 Å². The molecule has 0 heterocycles. The number of hydrogen-bond acceptors (Lipinski definition) is 2. The predicted molar refractivity (Wildman–Crippen MR) is 41.0 cm³/mol. The quantitative estimate of drug-likeness (QED) is 0.792. The van der Waals surface area contributed by atoms with Crippen molar-refractivity contribution in [2.45, 2.75) is 11.8 Å². The van der Waals surface area contributed by atoms with Gasteiger partial charge in [-0.05, 0) is 19.1 Å². The van der Waals surface area contributed by atoms with Crippen LogP contribution in [0.5, 0.6) is 0 Å². The van der Waals surface area contributed by atoms with Gasteiger partial charge in [0.15, 0.2) is 0 Å². The second-order valence-electron chi connectivity index (χ2n) is 2.29. The molecule has 0 saturated heterocycles. The SMILES string of the molecule is Cc1ccc(S(=O)(=O)O)cc1.[Sm]. The van der Waals surface area contributed by atoms with E-state index in [1.807, 2.05) is 6.92 Å². The summed E-state index contributed by atoms with van der Waals surface area (Å²) in [5, 5.41) is 0. The third kappa shape index (κ3) is 3.46. The first-order chi connectivity index (χ1) is 5.00. The van der Waals surface area contributed by atoms with Gasteiger partial charge in [-0.25, -0.2) is 0 Å². The summed E-state index contributed by atoms with van der Waals surface area (Å²) in [5.41, 5.74) is 0.956. The van der Waals surface area contributed by atoms with Crippen LogP contribution in [0.4, 0.5) is 0 Å². The van der Waals surface area contributed by atoms with E-state index < -0.39 is 10.1 Å². The first-order valence-electron chi connectivity index (χ1n) is 3.04. The normalized spacial score (nSPS) is 10.5. The topological polar surface area (TPSA) is 54.4 Å². The molecule has 1 N–H and O–H groups in total. The molecule has 12 heavy (non-hydrogen) atoms. The van der Waals surface area contributed by atoms with Crippen molar-refractivity contribution in [2.75, 3.05) is 0 Å². The monoisotopic (exact) mass is 324 g/mol. The van der Waals surface area contributed by atoms with Crippen LogP contribution in [0.2, 0.25) is 0 Å². The summed E-state index contributed by atoms with van der Waals surface area (Å²) in [6, 6.07) is 5.99. The van der Waals surface area contributed by atoms with E-state index in [4.69, 9.17) is 4.55 Å². The first kappa shape index (κ1) is 12.5. The largest absolute Gasteiger partial charge is 0.294 e. The van der Waals surface area contributed by atoms with Crippen LogP contribution in [-0.2, 0) is 10.1 Å². The van der Waals surface area contributed by atoms with Crippen LogP contribution in [0.15, 0.2) is 29.2 Å². The maximum absolute atomic E-state index is 10.5. The van der Waals surface area contributed by atoms with Crippen LogP contribution in [0, 0.1) is 47.3 Å². The van der Waals surface area contributed by atoms with Crippen LogP contribution in [0.3, 0.4) is 0 Å². The van der Waals surface area contributed by atoms with Crippen LogP contribution in [0.1, 0.15) is 5.56 Å². The molecule has 1 aromatic carbocycles. The summed E-state index contributed by atoms with van der Waals surface area (Å²) in [6.07, 6.45) is 0. The van der Waals surface area contributed by atoms with Crippen molar-refractivity contribution >= 4 is 10.1 Å². The third-order valence-electron chi connectivity index (χ3n) is 1.32. The molecule has 0 bridgehead atoms. The van der Waals surface area contributed by atoms with E-state index in [-0.39, 0.29) is 45.3 Å². The zero-order chi connectivity index (χ0) is 8.48. The summed E-state index contributed by atoms with van der Waals surface area (Å²) < 4.78 is 29.6. The number of aryl methyl sites for hydroxylation is 1. The minimum absolute atomic E-state index is 0. The fourth-order valence-electron chi connectivity index (χ4n) is 0.710. The van der Waals surface area contributed by atoms with Crippen LogP contribution >= 0.6 is 0 Å². The Morgan fingerprint density at radius 1 is 1.17 bits per heavy atom. The van der Waals surface area contributed by atoms with E-state index in [1.165, 1.54) is 12.1 Å². The van der Waals surface area contributed by atoms with Crippen LogP contribution in [0.25, 0.3) is 0 Å². The average Bonchev–Trinajstić information content (AvgIpc) is 1.86. The van der Waals surface area contributed by atoms with Gasteiger partial charge >= 0.3 is 0 Å². The van der Waals surface area contributed by atoms with Crippen molar-refractivity contribution in [3.05, 3.63) is 29.8 Å². The fourth-order valence-corrected chi connectivity index (χ4v) is 1.19. The standard InChI is InChI=1S/C7H8O3S.Sm/c1-6-2-4-7(5-3-6)11(8,9)10;/h2-5H,1H3,(H,8,9,10);. The molecule has 0 saturated carbocycles. The summed E-state index contributed by atoms with van der Waals surface area (Å²) >= 11 is 0. The molecule has 66 valence electrons. The summed E-state index contributed by atoms with van der Waals surface area (Å²) in [6.45, 7) is 1.84. The van der Waals surface area contributed by atoms with Crippen molar-refractivity contribution < 1.29 is 53.4 Å². The van der Waals surface area contributed by atoms with E-state index >= 15 is 0 Å². The Morgan fingerprint density at radius 3 is 1.92 bits per heavy atom. The second kappa shape index (κ2) is 4.63. The van der Waals surface area contributed by atoms with Gasteiger partial charge < -0.3 is 0 Å². The van der Waals surface area contributed by atoms with Gasteiger partial charge in [-0.2, -0.15) is 8.42 Å². The van der Waals surface area contributed by atoms with Gasteiger partial charge in [0.1, 0.15) is 0 Å². The Hall–Kier alpha value is 0.468. The van der Waals surface area contributed by atoms with Gasteiger partial charge in [0.25, 0.3) is 10.1 Å². The number of hydrogen-bond donors (Lipinski definition) is 1. The Labute approximate surface area is 104 Å². The van der Waals surface area contributed by atoms with Crippen LogP contribution < -0.4 is 0 Å². The Bertz CT molecular complexity index is 341. The molecule has 0 aromatic heterocycles. The minimum Gasteiger partial charge on any atom is -0.282 e. The molecule has 1 aromatic rings.